The molecule has 3 aromatic carbocycles. The molecular formula is C25H18F11NO3. The number of nitrogens with zero attached hydrogens (tertiary/aromatic N) is 1. The summed E-state index contributed by atoms with van der Waals surface area (Å²) in [5.74, 6) is -6.02. The number of aliphatic hydroxyl groups excluding tert-OH is 1. The summed E-state index contributed by atoms with van der Waals surface area (Å²) in [6.07, 6.45) is -18.7. The summed E-state index contributed by atoms with van der Waals surface area (Å²) < 4.78 is 149. The van der Waals surface area contributed by atoms with Gasteiger partial charge < -0.3 is 14.7 Å². The average Bonchev–Trinajstić information content (AvgIpc) is 2.86. The molecule has 0 bridgehead atoms. The van der Waals surface area contributed by atoms with Crippen LogP contribution in [0.1, 0.15) is 16.7 Å². The second-order valence-corrected chi connectivity index (χ2v) is 8.29. The highest BCUT2D eigenvalue weighted by molar-refractivity contribution is 5.50. The van der Waals surface area contributed by atoms with Crippen LogP contribution >= 0.6 is 0 Å². The number of aliphatic hydroxyl groups is 1. The van der Waals surface area contributed by atoms with Crippen molar-refractivity contribution < 1.29 is 63.0 Å². The summed E-state index contributed by atoms with van der Waals surface area (Å²) in [5.41, 5.74) is -2.36. The van der Waals surface area contributed by atoms with Gasteiger partial charge in [0.25, 0.3) is 0 Å². The van der Waals surface area contributed by atoms with Gasteiger partial charge in [0.2, 0.25) is 0 Å². The van der Waals surface area contributed by atoms with Crippen molar-refractivity contribution in [3.63, 3.8) is 0 Å². The molecule has 0 aliphatic heterocycles. The second kappa shape index (κ2) is 11.4. The van der Waals surface area contributed by atoms with Crippen LogP contribution in [0.15, 0.2) is 72.8 Å². The molecule has 1 N–H and O–H groups in total. The van der Waals surface area contributed by atoms with Crippen LogP contribution in [0, 0.1) is 0 Å². The van der Waals surface area contributed by atoms with Gasteiger partial charge in [-0.15, -0.1) is 0 Å². The summed E-state index contributed by atoms with van der Waals surface area (Å²) in [5, 5.41) is 9.97. The Bertz CT molecular complexity index is 1270. The number of ether oxygens (including phenoxy) is 1. The minimum absolute atomic E-state index is 0.0233. The molecule has 15 heteroatoms. The normalized spacial score (nSPS) is 13.6. The summed E-state index contributed by atoms with van der Waals surface area (Å²) in [7, 11) is 0. The lowest BCUT2D eigenvalue weighted by molar-refractivity contribution is -0.289. The highest BCUT2D eigenvalue weighted by Gasteiger charge is 2.58. The molecule has 0 aliphatic rings. The molecule has 40 heavy (non-hydrogen) atoms. The number of rotatable bonds is 9. The fourth-order valence-electron chi connectivity index (χ4n) is 3.18. The van der Waals surface area contributed by atoms with E-state index in [0.29, 0.717) is 16.7 Å². The molecule has 3 rings (SSSR count). The minimum Gasteiger partial charge on any atom is -0.489 e. The van der Waals surface area contributed by atoms with Gasteiger partial charge in [0.1, 0.15) is 12.4 Å². The quantitative estimate of drug-likeness (QED) is 0.206. The highest BCUT2D eigenvalue weighted by Crippen LogP contribution is 2.44. The van der Waals surface area contributed by atoms with Crippen LogP contribution < -0.4 is 14.6 Å². The van der Waals surface area contributed by atoms with Gasteiger partial charge in [-0.05, 0) is 42.0 Å². The largest absolute Gasteiger partial charge is 0.489 e. The molecule has 218 valence electrons. The maximum absolute atomic E-state index is 13.8. The van der Waals surface area contributed by atoms with Crippen molar-refractivity contribution in [2.45, 2.75) is 37.2 Å². The molecule has 0 unspecified atom stereocenters. The second-order valence-electron chi connectivity index (χ2n) is 8.29. The predicted molar refractivity (Wildman–Crippen MR) is 119 cm³/mol. The monoisotopic (exact) mass is 589 g/mol. The smallest absolute Gasteiger partial charge is 0.458 e. The molecule has 3 aromatic rings. The SMILES string of the molecule is O[C@@H](CN(Oc1cccc(C(F)(F)C(F)(F)F)c1)c1cccc(OCc2ccc(C(F)(F)F)cc2)c1)C(F)(F)F. The van der Waals surface area contributed by atoms with Crippen LogP contribution in [0.5, 0.6) is 11.5 Å². The van der Waals surface area contributed by atoms with Crippen LogP contribution in [0.25, 0.3) is 0 Å². The van der Waals surface area contributed by atoms with Crippen LogP contribution in [-0.4, -0.2) is 30.1 Å². The maximum atomic E-state index is 13.8. The number of hydrogen-bond acceptors (Lipinski definition) is 4. The number of halogens is 11. The Morgan fingerprint density at radius 3 is 1.88 bits per heavy atom. The number of hydrogen-bond donors (Lipinski definition) is 1. The Morgan fingerprint density at radius 2 is 1.30 bits per heavy atom. The van der Waals surface area contributed by atoms with Gasteiger partial charge in [0, 0.05) is 11.6 Å². The molecule has 0 saturated heterocycles. The average molecular weight is 589 g/mol. The minimum atomic E-state index is -5.96. The van der Waals surface area contributed by atoms with Crippen molar-refractivity contribution in [3.05, 3.63) is 89.5 Å². The molecule has 0 fully saturated rings. The fourth-order valence-corrected chi connectivity index (χ4v) is 3.18. The van der Waals surface area contributed by atoms with E-state index in [2.05, 4.69) is 0 Å². The Balaban J connectivity index is 1.85. The van der Waals surface area contributed by atoms with E-state index in [-0.39, 0.29) is 24.1 Å². The lowest BCUT2D eigenvalue weighted by Crippen LogP contribution is -2.42. The third-order valence-corrected chi connectivity index (χ3v) is 5.28. The molecule has 0 amide bonds. The van der Waals surface area contributed by atoms with E-state index in [1.165, 1.54) is 18.2 Å². The molecular weight excluding hydrogens is 571 g/mol. The van der Waals surface area contributed by atoms with Gasteiger partial charge in [-0.25, -0.2) is 5.06 Å². The third kappa shape index (κ3) is 7.67. The highest BCUT2D eigenvalue weighted by atomic mass is 19.4. The zero-order chi connectivity index (χ0) is 29.9. The van der Waals surface area contributed by atoms with E-state index >= 15 is 0 Å². The maximum Gasteiger partial charge on any atom is 0.458 e. The lowest BCUT2D eigenvalue weighted by atomic mass is 10.1. The first-order chi connectivity index (χ1) is 18.4. The Kier molecular flexibility index (Phi) is 8.77. The van der Waals surface area contributed by atoms with Crippen molar-refractivity contribution >= 4 is 5.69 Å². The van der Waals surface area contributed by atoms with Crippen molar-refractivity contribution in [1.29, 1.82) is 0 Å². The van der Waals surface area contributed by atoms with E-state index in [4.69, 9.17) is 9.57 Å². The summed E-state index contributed by atoms with van der Waals surface area (Å²) in [4.78, 5) is 5.19. The summed E-state index contributed by atoms with van der Waals surface area (Å²) in [6.45, 7) is -1.59. The van der Waals surface area contributed by atoms with E-state index in [1.54, 1.807) is 0 Å². The summed E-state index contributed by atoms with van der Waals surface area (Å²) >= 11 is 0. The van der Waals surface area contributed by atoms with Crippen molar-refractivity contribution in [2.24, 2.45) is 0 Å². The van der Waals surface area contributed by atoms with E-state index in [0.717, 1.165) is 42.5 Å². The van der Waals surface area contributed by atoms with E-state index < -0.39 is 54.0 Å². The van der Waals surface area contributed by atoms with Gasteiger partial charge >= 0.3 is 24.5 Å². The number of hydroxylamine groups is 1. The Morgan fingerprint density at radius 1 is 0.700 bits per heavy atom. The van der Waals surface area contributed by atoms with Gasteiger partial charge in [-0.2, -0.15) is 48.3 Å². The molecule has 0 aromatic heterocycles. The molecule has 0 saturated carbocycles. The predicted octanol–water partition coefficient (Wildman–Crippen LogP) is 7.66. The third-order valence-electron chi connectivity index (χ3n) is 5.28. The first kappa shape index (κ1) is 30.8. The number of anilines is 1. The van der Waals surface area contributed by atoms with E-state index in [9.17, 15) is 53.4 Å². The number of benzene rings is 3. The van der Waals surface area contributed by atoms with Crippen LogP contribution in [0.3, 0.4) is 0 Å². The van der Waals surface area contributed by atoms with Crippen molar-refractivity contribution in [1.82, 2.24) is 0 Å². The van der Waals surface area contributed by atoms with Crippen molar-refractivity contribution in [3.8, 4) is 11.5 Å². The van der Waals surface area contributed by atoms with Gasteiger partial charge in [-0.3, -0.25) is 0 Å². The van der Waals surface area contributed by atoms with Gasteiger partial charge in [0.15, 0.2) is 11.9 Å². The first-order valence-electron chi connectivity index (χ1n) is 11.0. The van der Waals surface area contributed by atoms with Crippen LogP contribution in [0.4, 0.5) is 54.0 Å². The Hall–Kier alpha value is -3.75. The Labute approximate surface area is 219 Å². The summed E-state index contributed by atoms with van der Waals surface area (Å²) in [6, 6.07) is 11.2. The van der Waals surface area contributed by atoms with Crippen LogP contribution in [0.2, 0.25) is 0 Å². The zero-order valence-corrected chi connectivity index (χ0v) is 19.8. The molecule has 0 radical (unpaired) electrons. The van der Waals surface area contributed by atoms with Gasteiger partial charge in [-0.1, -0.05) is 30.3 Å². The van der Waals surface area contributed by atoms with Crippen molar-refractivity contribution in [2.75, 3.05) is 11.6 Å². The molecule has 0 aliphatic carbocycles. The molecule has 4 nitrogen and oxygen atoms in total. The topological polar surface area (TPSA) is 41.9 Å². The fraction of sp³-hybridized carbons (Fsp3) is 0.280. The number of alkyl halides is 11. The molecule has 0 heterocycles. The molecule has 1 atom stereocenters. The first-order valence-corrected chi connectivity index (χ1v) is 11.0. The standard InChI is InChI=1S/C25H18F11NO3/c26-22(27,25(34,35)36)17-3-1-6-20(11-17)40-37(13-21(38)24(31,32)33)18-4-2-5-19(12-18)39-14-15-7-9-16(10-8-15)23(28,29)30/h1-12,21,38H,13-14H2/t21-/m0/s1. The van der Waals surface area contributed by atoms with Gasteiger partial charge in [0.05, 0.1) is 17.8 Å². The molecule has 0 spiro atoms. The lowest BCUT2D eigenvalue weighted by Gasteiger charge is -2.28. The van der Waals surface area contributed by atoms with E-state index in [1.807, 2.05) is 0 Å². The zero-order valence-electron chi connectivity index (χ0n) is 19.8. The van der Waals surface area contributed by atoms with Crippen LogP contribution in [-0.2, 0) is 18.7 Å².